The summed E-state index contributed by atoms with van der Waals surface area (Å²) in [6.45, 7) is 0. The number of rotatable bonds is 5. The molecule has 1 aromatic carbocycles. The van der Waals surface area contributed by atoms with Crippen LogP contribution in [0.5, 0.6) is 0 Å². The summed E-state index contributed by atoms with van der Waals surface area (Å²) >= 11 is 1.25. The lowest BCUT2D eigenvalue weighted by Crippen LogP contribution is -2.13. The van der Waals surface area contributed by atoms with Gasteiger partial charge in [0.15, 0.2) is 10.8 Å². The van der Waals surface area contributed by atoms with E-state index >= 15 is 0 Å². The predicted molar refractivity (Wildman–Crippen MR) is 94.9 cm³/mol. The lowest BCUT2D eigenvalue weighted by Gasteiger charge is -2.00. The van der Waals surface area contributed by atoms with Crippen LogP contribution >= 0.6 is 11.3 Å². The molecule has 0 aliphatic rings. The van der Waals surface area contributed by atoms with Crippen molar-refractivity contribution in [3.8, 4) is 0 Å². The zero-order chi connectivity index (χ0) is 17.6. The number of esters is 1. The number of ether oxygens (including phenoxy) is 1. The molecule has 0 aliphatic carbocycles. The summed E-state index contributed by atoms with van der Waals surface area (Å²) in [4.78, 5) is 33.2. The van der Waals surface area contributed by atoms with Gasteiger partial charge in [-0.25, -0.2) is 9.78 Å². The molecule has 1 amide bonds. The van der Waals surface area contributed by atoms with Crippen molar-refractivity contribution in [3.63, 3.8) is 0 Å². The van der Waals surface area contributed by atoms with Crippen molar-refractivity contribution in [3.05, 3.63) is 76.6 Å². The summed E-state index contributed by atoms with van der Waals surface area (Å²) < 4.78 is 4.80. The molecule has 3 rings (SSSR count). The predicted octanol–water partition coefficient (Wildman–Crippen LogP) is 3.17. The van der Waals surface area contributed by atoms with E-state index in [4.69, 9.17) is 4.74 Å². The van der Waals surface area contributed by atoms with Gasteiger partial charge in [-0.3, -0.25) is 15.1 Å². The molecule has 0 saturated heterocycles. The highest BCUT2D eigenvalue weighted by Crippen LogP contribution is 2.26. The number of nitrogens with one attached hydrogen (secondary N) is 1. The van der Waals surface area contributed by atoms with Crippen LogP contribution in [0.3, 0.4) is 0 Å². The fourth-order valence-corrected chi connectivity index (χ4v) is 3.20. The lowest BCUT2D eigenvalue weighted by atomic mass is 10.1. The Morgan fingerprint density at radius 1 is 1.12 bits per heavy atom. The van der Waals surface area contributed by atoms with Crippen molar-refractivity contribution in [1.82, 2.24) is 9.97 Å². The summed E-state index contributed by atoms with van der Waals surface area (Å²) in [5, 5.41) is 3.02. The lowest BCUT2D eigenvalue weighted by molar-refractivity contribution is 0.0593. The fraction of sp³-hybridized carbons (Fsp3) is 0.111. The molecular formula is C18H15N3O3S. The Morgan fingerprint density at radius 3 is 2.56 bits per heavy atom. The van der Waals surface area contributed by atoms with E-state index in [9.17, 15) is 9.59 Å². The second kappa shape index (κ2) is 7.67. The minimum atomic E-state index is -0.527. The number of carbonyl (C=O) groups is 2. The SMILES string of the molecule is COC(=O)c1nc(NC(=O)c2ccccn2)sc1Cc1ccccc1. The summed E-state index contributed by atoms with van der Waals surface area (Å²) in [6, 6.07) is 14.8. The number of hydrogen-bond acceptors (Lipinski definition) is 6. The molecule has 6 nitrogen and oxygen atoms in total. The molecule has 7 heteroatoms. The molecule has 0 spiro atoms. The zero-order valence-corrected chi connectivity index (χ0v) is 14.2. The van der Waals surface area contributed by atoms with E-state index in [1.807, 2.05) is 30.3 Å². The van der Waals surface area contributed by atoms with Crippen LogP contribution in [0.1, 0.15) is 31.4 Å². The molecule has 2 aromatic heterocycles. The standard InChI is InChI=1S/C18H15N3O3S/c1-24-17(23)15-14(11-12-7-3-2-4-8-12)25-18(20-15)21-16(22)13-9-5-6-10-19-13/h2-10H,11H2,1H3,(H,20,21,22). The normalized spacial score (nSPS) is 10.3. The number of benzene rings is 1. The van der Waals surface area contributed by atoms with Gasteiger partial charge in [0.25, 0.3) is 5.91 Å². The van der Waals surface area contributed by atoms with Gasteiger partial charge in [-0.05, 0) is 17.7 Å². The molecule has 126 valence electrons. The topological polar surface area (TPSA) is 81.2 Å². The number of thiazole rings is 1. The van der Waals surface area contributed by atoms with Crippen LogP contribution in [0.4, 0.5) is 5.13 Å². The molecule has 2 heterocycles. The van der Waals surface area contributed by atoms with E-state index in [1.54, 1.807) is 18.2 Å². The summed E-state index contributed by atoms with van der Waals surface area (Å²) in [5.74, 6) is -0.905. The molecule has 0 fully saturated rings. The maximum atomic E-state index is 12.2. The van der Waals surface area contributed by atoms with Gasteiger partial charge in [-0.1, -0.05) is 36.4 Å². The Labute approximate surface area is 148 Å². The minimum absolute atomic E-state index is 0.215. The Balaban J connectivity index is 1.85. The number of amides is 1. The van der Waals surface area contributed by atoms with Gasteiger partial charge in [-0.15, -0.1) is 11.3 Å². The van der Waals surface area contributed by atoms with Crippen LogP contribution < -0.4 is 5.32 Å². The number of aromatic nitrogens is 2. The van der Waals surface area contributed by atoms with Crippen molar-refractivity contribution < 1.29 is 14.3 Å². The monoisotopic (exact) mass is 353 g/mol. The maximum Gasteiger partial charge on any atom is 0.357 e. The van der Waals surface area contributed by atoms with Gasteiger partial charge >= 0.3 is 5.97 Å². The summed E-state index contributed by atoms with van der Waals surface area (Å²) in [6.07, 6.45) is 2.07. The first kappa shape index (κ1) is 16.8. The Morgan fingerprint density at radius 2 is 1.88 bits per heavy atom. The van der Waals surface area contributed by atoms with Gasteiger partial charge in [0, 0.05) is 17.5 Å². The average Bonchev–Trinajstić information content (AvgIpc) is 3.04. The van der Waals surface area contributed by atoms with Crippen LogP contribution in [0.2, 0.25) is 0 Å². The van der Waals surface area contributed by atoms with E-state index in [1.165, 1.54) is 24.6 Å². The smallest absolute Gasteiger partial charge is 0.357 e. The molecule has 0 atom stereocenters. The number of anilines is 1. The second-order valence-corrected chi connectivity index (χ2v) is 6.20. The molecule has 0 saturated carbocycles. The molecule has 25 heavy (non-hydrogen) atoms. The molecule has 0 bridgehead atoms. The van der Waals surface area contributed by atoms with Gasteiger partial charge in [0.2, 0.25) is 0 Å². The van der Waals surface area contributed by atoms with Gasteiger partial charge in [0.05, 0.1) is 7.11 Å². The number of methoxy groups -OCH3 is 1. The first-order valence-corrected chi connectivity index (χ1v) is 8.33. The average molecular weight is 353 g/mol. The Kier molecular flexibility index (Phi) is 5.15. The molecule has 3 aromatic rings. The Bertz CT molecular complexity index is 879. The number of hydrogen-bond donors (Lipinski definition) is 1. The number of nitrogens with zero attached hydrogens (tertiary/aromatic N) is 2. The first-order chi connectivity index (χ1) is 12.2. The molecule has 0 unspecified atom stereocenters. The highest BCUT2D eigenvalue weighted by molar-refractivity contribution is 7.16. The Hall–Kier alpha value is -3.06. The highest BCUT2D eigenvalue weighted by atomic mass is 32.1. The third-order valence-electron chi connectivity index (χ3n) is 3.40. The van der Waals surface area contributed by atoms with Crippen molar-refractivity contribution in [2.24, 2.45) is 0 Å². The van der Waals surface area contributed by atoms with E-state index in [0.29, 0.717) is 11.6 Å². The minimum Gasteiger partial charge on any atom is -0.464 e. The van der Waals surface area contributed by atoms with Crippen molar-refractivity contribution in [1.29, 1.82) is 0 Å². The molecule has 1 N–H and O–H groups in total. The summed E-state index contributed by atoms with van der Waals surface area (Å²) in [7, 11) is 1.31. The molecule has 0 radical (unpaired) electrons. The second-order valence-electron chi connectivity index (χ2n) is 5.11. The van der Waals surface area contributed by atoms with Crippen LogP contribution in [-0.2, 0) is 11.2 Å². The van der Waals surface area contributed by atoms with Crippen molar-refractivity contribution in [2.45, 2.75) is 6.42 Å². The summed E-state index contributed by atoms with van der Waals surface area (Å²) in [5.41, 5.74) is 1.54. The molecular weight excluding hydrogens is 338 g/mol. The van der Waals surface area contributed by atoms with Crippen molar-refractivity contribution in [2.75, 3.05) is 12.4 Å². The van der Waals surface area contributed by atoms with Gasteiger partial charge < -0.3 is 4.74 Å². The van der Waals surface area contributed by atoms with Crippen LogP contribution in [0.15, 0.2) is 54.7 Å². The van der Waals surface area contributed by atoms with E-state index in [2.05, 4.69) is 15.3 Å². The third-order valence-corrected chi connectivity index (χ3v) is 4.37. The third kappa shape index (κ3) is 4.07. The molecule has 0 aliphatic heterocycles. The maximum absolute atomic E-state index is 12.2. The van der Waals surface area contributed by atoms with Crippen LogP contribution in [0, 0.1) is 0 Å². The van der Waals surface area contributed by atoms with Gasteiger partial charge in [-0.2, -0.15) is 0 Å². The van der Waals surface area contributed by atoms with E-state index < -0.39 is 5.97 Å². The number of pyridine rings is 1. The first-order valence-electron chi connectivity index (χ1n) is 7.51. The fourth-order valence-electron chi connectivity index (χ4n) is 2.22. The van der Waals surface area contributed by atoms with Gasteiger partial charge in [0.1, 0.15) is 5.69 Å². The highest BCUT2D eigenvalue weighted by Gasteiger charge is 2.20. The van der Waals surface area contributed by atoms with Crippen molar-refractivity contribution >= 4 is 28.3 Å². The van der Waals surface area contributed by atoms with Crippen LogP contribution in [0.25, 0.3) is 0 Å². The van der Waals surface area contributed by atoms with Crippen LogP contribution in [-0.4, -0.2) is 29.0 Å². The quantitative estimate of drug-likeness (QED) is 0.713. The zero-order valence-electron chi connectivity index (χ0n) is 13.4. The van der Waals surface area contributed by atoms with E-state index in [-0.39, 0.29) is 17.3 Å². The van der Waals surface area contributed by atoms with E-state index in [0.717, 1.165) is 10.4 Å². The largest absolute Gasteiger partial charge is 0.464 e. The number of carbonyl (C=O) groups excluding carboxylic acids is 2.